The lowest BCUT2D eigenvalue weighted by Crippen LogP contribution is -2.51. The number of para-hydroxylation sites is 1. The minimum Gasteiger partial charge on any atom is -0.497 e. The molecule has 0 fully saturated rings. The van der Waals surface area contributed by atoms with Gasteiger partial charge in [-0.3, -0.25) is 13.9 Å². The lowest BCUT2D eigenvalue weighted by Gasteiger charge is -2.33. The van der Waals surface area contributed by atoms with Crippen LogP contribution in [0.5, 0.6) is 5.75 Å². The van der Waals surface area contributed by atoms with Gasteiger partial charge in [-0.25, -0.2) is 8.42 Å². The molecule has 0 unspecified atom stereocenters. The van der Waals surface area contributed by atoms with Crippen LogP contribution in [0.4, 0.5) is 5.69 Å². The number of sulfonamides is 1. The summed E-state index contributed by atoms with van der Waals surface area (Å²) >= 11 is 0. The number of carbonyl (C=O) groups excluding carboxylic acids is 2. The molecule has 0 aliphatic carbocycles. The molecule has 0 saturated carbocycles. The van der Waals surface area contributed by atoms with Gasteiger partial charge in [0.1, 0.15) is 18.3 Å². The highest BCUT2D eigenvalue weighted by atomic mass is 32.2. The van der Waals surface area contributed by atoms with E-state index >= 15 is 0 Å². The average molecular weight is 510 g/mol. The molecule has 2 amide bonds. The number of anilines is 1. The van der Waals surface area contributed by atoms with Crippen molar-refractivity contribution >= 4 is 27.5 Å². The van der Waals surface area contributed by atoms with Gasteiger partial charge in [0.25, 0.3) is 10.0 Å². The van der Waals surface area contributed by atoms with Gasteiger partial charge in [0.2, 0.25) is 11.8 Å². The number of hydrogen-bond acceptors (Lipinski definition) is 5. The number of carbonyl (C=O) groups is 2. The largest absolute Gasteiger partial charge is 0.497 e. The number of nitrogens with zero attached hydrogens (tertiary/aromatic N) is 2. The lowest BCUT2D eigenvalue weighted by molar-refractivity contribution is -0.140. The third-order valence-corrected chi connectivity index (χ3v) is 7.59. The maximum absolute atomic E-state index is 13.8. The van der Waals surface area contributed by atoms with Gasteiger partial charge in [-0.05, 0) is 48.4 Å². The normalized spacial score (nSPS) is 11.9. The van der Waals surface area contributed by atoms with Crippen LogP contribution in [0.15, 0.2) is 89.8 Å². The van der Waals surface area contributed by atoms with Gasteiger partial charge in [0, 0.05) is 13.6 Å². The maximum Gasteiger partial charge on any atom is 0.264 e. The zero-order valence-corrected chi connectivity index (χ0v) is 21.4. The Morgan fingerprint density at radius 3 is 2.03 bits per heavy atom. The topological polar surface area (TPSA) is 96.0 Å². The zero-order valence-electron chi connectivity index (χ0n) is 20.6. The van der Waals surface area contributed by atoms with E-state index in [0.717, 1.165) is 9.87 Å². The van der Waals surface area contributed by atoms with Gasteiger partial charge in [-0.15, -0.1) is 0 Å². The molecule has 0 spiro atoms. The van der Waals surface area contributed by atoms with E-state index in [1.165, 1.54) is 24.1 Å². The molecule has 1 atom stereocenters. The van der Waals surface area contributed by atoms with Crippen molar-refractivity contribution in [2.45, 2.75) is 30.8 Å². The van der Waals surface area contributed by atoms with E-state index in [9.17, 15) is 18.0 Å². The molecule has 8 nitrogen and oxygen atoms in total. The van der Waals surface area contributed by atoms with Gasteiger partial charge < -0.3 is 15.0 Å². The third-order valence-electron chi connectivity index (χ3n) is 5.80. The minimum absolute atomic E-state index is 0.0710. The number of ether oxygens (including phenoxy) is 1. The van der Waals surface area contributed by atoms with Crippen LogP contribution >= 0.6 is 0 Å². The molecule has 0 bridgehead atoms. The maximum atomic E-state index is 13.8. The van der Waals surface area contributed by atoms with Crippen molar-refractivity contribution in [3.05, 3.63) is 90.5 Å². The molecule has 36 heavy (non-hydrogen) atoms. The van der Waals surface area contributed by atoms with Gasteiger partial charge in [0.15, 0.2) is 0 Å². The summed E-state index contributed by atoms with van der Waals surface area (Å²) in [5.74, 6) is -0.152. The van der Waals surface area contributed by atoms with E-state index < -0.39 is 28.5 Å². The summed E-state index contributed by atoms with van der Waals surface area (Å²) in [6.07, 6.45) is 0.359. The molecule has 3 rings (SSSR count). The zero-order chi connectivity index (χ0) is 26.1. The summed E-state index contributed by atoms with van der Waals surface area (Å²) < 4.78 is 33.5. The molecule has 0 radical (unpaired) electrons. The van der Waals surface area contributed by atoms with Crippen molar-refractivity contribution < 1.29 is 22.7 Å². The molecular formula is C27H31N3O5S. The predicted molar refractivity (Wildman–Crippen MR) is 139 cm³/mol. The van der Waals surface area contributed by atoms with Crippen molar-refractivity contribution in [3.63, 3.8) is 0 Å². The molecule has 9 heteroatoms. The first-order valence-electron chi connectivity index (χ1n) is 11.6. The van der Waals surface area contributed by atoms with Crippen molar-refractivity contribution in [3.8, 4) is 5.75 Å². The van der Waals surface area contributed by atoms with Crippen LogP contribution in [0.3, 0.4) is 0 Å². The van der Waals surface area contributed by atoms with Crippen LogP contribution in [-0.2, 0) is 26.2 Å². The summed E-state index contributed by atoms with van der Waals surface area (Å²) in [5.41, 5.74) is 1.13. The molecule has 0 aromatic heterocycles. The number of amides is 2. The number of likely N-dealkylation sites (N-methyl/N-ethyl adjacent to an activating group) is 1. The fourth-order valence-corrected chi connectivity index (χ4v) is 5.29. The quantitative estimate of drug-likeness (QED) is 0.427. The van der Waals surface area contributed by atoms with E-state index in [-0.39, 0.29) is 17.3 Å². The van der Waals surface area contributed by atoms with Crippen LogP contribution < -0.4 is 14.4 Å². The number of hydrogen-bond donors (Lipinski definition) is 1. The number of benzene rings is 3. The van der Waals surface area contributed by atoms with Crippen molar-refractivity contribution in [2.75, 3.05) is 25.0 Å². The lowest BCUT2D eigenvalue weighted by atomic mass is 10.1. The van der Waals surface area contributed by atoms with E-state index in [1.807, 2.05) is 19.1 Å². The molecule has 0 aliphatic rings. The van der Waals surface area contributed by atoms with Crippen molar-refractivity contribution in [2.24, 2.45) is 0 Å². The summed E-state index contributed by atoms with van der Waals surface area (Å²) in [4.78, 5) is 28.0. The number of methoxy groups -OCH3 is 1. The summed E-state index contributed by atoms with van der Waals surface area (Å²) in [7, 11) is -0.979. The monoisotopic (exact) mass is 509 g/mol. The van der Waals surface area contributed by atoms with Crippen LogP contribution in [-0.4, -0.2) is 51.9 Å². The highest BCUT2D eigenvalue weighted by Crippen LogP contribution is 2.24. The van der Waals surface area contributed by atoms with Gasteiger partial charge >= 0.3 is 0 Å². The predicted octanol–water partition coefficient (Wildman–Crippen LogP) is 3.44. The molecule has 1 N–H and O–H groups in total. The SMILES string of the molecule is CC[C@@H](C(=O)NC)N(Cc1ccc(OC)cc1)C(=O)CN(c1ccccc1)S(=O)(=O)c1ccccc1. The molecule has 0 aliphatic heterocycles. The highest BCUT2D eigenvalue weighted by Gasteiger charge is 2.33. The van der Waals surface area contributed by atoms with Crippen LogP contribution in [0.1, 0.15) is 18.9 Å². The van der Waals surface area contributed by atoms with E-state index in [4.69, 9.17) is 4.74 Å². The molecular weight excluding hydrogens is 478 g/mol. The number of nitrogens with one attached hydrogen (secondary N) is 1. The van der Waals surface area contributed by atoms with Gasteiger partial charge in [0.05, 0.1) is 17.7 Å². The molecule has 190 valence electrons. The third kappa shape index (κ3) is 6.23. The van der Waals surface area contributed by atoms with Crippen molar-refractivity contribution in [1.29, 1.82) is 0 Å². The Hall–Kier alpha value is -3.85. The van der Waals surface area contributed by atoms with Crippen molar-refractivity contribution in [1.82, 2.24) is 10.2 Å². The Morgan fingerprint density at radius 1 is 0.917 bits per heavy atom. The Bertz CT molecular complexity index is 1250. The van der Waals surface area contributed by atoms with E-state index in [2.05, 4.69) is 5.32 Å². The van der Waals surface area contributed by atoms with Crippen LogP contribution in [0.25, 0.3) is 0 Å². The summed E-state index contributed by atoms with van der Waals surface area (Å²) in [5, 5.41) is 2.61. The van der Waals surface area contributed by atoms with Gasteiger partial charge in [-0.2, -0.15) is 0 Å². The van der Waals surface area contributed by atoms with E-state index in [0.29, 0.717) is 17.9 Å². The summed E-state index contributed by atoms with van der Waals surface area (Å²) in [6.45, 7) is 1.47. The average Bonchev–Trinajstić information content (AvgIpc) is 2.92. The number of rotatable bonds is 11. The molecule has 0 heterocycles. The first-order valence-corrected chi connectivity index (χ1v) is 13.0. The Labute approximate surface area is 212 Å². The standard InChI is InChI=1S/C27H31N3O5S/c1-4-25(27(32)28-2)29(19-21-15-17-23(35-3)18-16-21)26(31)20-30(22-11-7-5-8-12-22)36(33,34)24-13-9-6-10-14-24/h5-18,25H,4,19-20H2,1-3H3,(H,28,32)/t25-/m0/s1. The first-order chi connectivity index (χ1) is 17.3. The fraction of sp³-hybridized carbons (Fsp3) is 0.259. The second kappa shape index (κ2) is 12.2. The van der Waals surface area contributed by atoms with Crippen LogP contribution in [0.2, 0.25) is 0 Å². The smallest absolute Gasteiger partial charge is 0.264 e. The second-order valence-corrected chi connectivity index (χ2v) is 9.93. The van der Waals surface area contributed by atoms with Gasteiger partial charge in [-0.1, -0.05) is 55.5 Å². The Balaban J connectivity index is 2.01. The second-order valence-electron chi connectivity index (χ2n) is 8.07. The fourth-order valence-electron chi connectivity index (χ4n) is 3.86. The Morgan fingerprint density at radius 2 is 1.50 bits per heavy atom. The molecule has 3 aromatic rings. The summed E-state index contributed by atoms with van der Waals surface area (Å²) in [6, 6.07) is 22.8. The minimum atomic E-state index is -4.05. The molecule has 0 saturated heterocycles. The Kier molecular flexibility index (Phi) is 9.08. The molecule has 3 aromatic carbocycles. The van der Waals surface area contributed by atoms with E-state index in [1.54, 1.807) is 67.8 Å². The van der Waals surface area contributed by atoms with Crippen LogP contribution in [0, 0.1) is 0 Å². The first kappa shape index (κ1) is 26.7. The highest BCUT2D eigenvalue weighted by molar-refractivity contribution is 7.92.